The van der Waals surface area contributed by atoms with Crippen LogP contribution in [0.2, 0.25) is 0 Å². The molecule has 1 N–H and O–H groups in total. The number of allylic oxidation sites excluding steroid dienone is 2. The number of phenolic OH excluding ortho intramolecular Hbond substituents is 1. The third-order valence-electron chi connectivity index (χ3n) is 3.08. The molecule has 0 saturated heterocycles. The Morgan fingerprint density at radius 1 is 1.32 bits per heavy atom. The van der Waals surface area contributed by atoms with Crippen molar-refractivity contribution in [3.8, 4) is 11.5 Å². The molecule has 0 saturated carbocycles. The van der Waals surface area contributed by atoms with Crippen molar-refractivity contribution >= 4 is 0 Å². The van der Waals surface area contributed by atoms with Crippen LogP contribution in [0.1, 0.15) is 53.0 Å². The summed E-state index contributed by atoms with van der Waals surface area (Å²) in [5.41, 5.74) is 2.60. The van der Waals surface area contributed by atoms with Crippen LogP contribution in [0.15, 0.2) is 29.8 Å². The molecule has 1 unspecified atom stereocenters. The fourth-order valence-corrected chi connectivity index (χ4v) is 2.17. The Bertz CT molecular complexity index is 449. The molecule has 1 aromatic carbocycles. The van der Waals surface area contributed by atoms with Crippen LogP contribution in [0.4, 0.5) is 0 Å². The molecule has 0 fully saturated rings. The van der Waals surface area contributed by atoms with E-state index in [1.54, 1.807) is 6.07 Å². The number of rotatable bonds is 4. The number of phenols is 1. The highest BCUT2D eigenvalue weighted by molar-refractivity contribution is 5.44. The van der Waals surface area contributed by atoms with Crippen LogP contribution in [-0.2, 0) is 0 Å². The number of hydrogen-bond donors (Lipinski definition) is 1. The molecule has 0 amide bonds. The summed E-state index contributed by atoms with van der Waals surface area (Å²) in [5, 5.41) is 9.79. The zero-order valence-electron chi connectivity index (χ0n) is 12.9. The minimum atomic E-state index is 0.123. The predicted octanol–water partition coefficient (Wildman–Crippen LogP) is 4.89. The molecule has 106 valence electrons. The van der Waals surface area contributed by atoms with Crippen molar-refractivity contribution in [1.82, 2.24) is 0 Å². The maximum atomic E-state index is 9.79. The van der Waals surface area contributed by atoms with Gasteiger partial charge in [-0.1, -0.05) is 38.5 Å². The summed E-state index contributed by atoms with van der Waals surface area (Å²) < 4.78 is 5.47. The molecule has 2 nitrogen and oxygen atoms in total. The topological polar surface area (TPSA) is 29.5 Å². The number of benzene rings is 1. The van der Waals surface area contributed by atoms with E-state index < -0.39 is 0 Å². The lowest BCUT2D eigenvalue weighted by atomic mass is 9.75. The van der Waals surface area contributed by atoms with E-state index in [1.807, 2.05) is 19.1 Å². The van der Waals surface area contributed by atoms with Crippen molar-refractivity contribution in [2.24, 2.45) is 5.41 Å². The Labute approximate surface area is 117 Å². The number of aromatic hydroxyl groups is 1. The van der Waals surface area contributed by atoms with Gasteiger partial charge < -0.3 is 9.84 Å². The van der Waals surface area contributed by atoms with E-state index in [2.05, 4.69) is 40.7 Å². The quantitative estimate of drug-likeness (QED) is 0.783. The SMILES string of the molecule is CCOc1cc(C(C=C(C)C)C(C)(C)C)ccc1O. The van der Waals surface area contributed by atoms with Crippen molar-refractivity contribution in [2.45, 2.75) is 47.5 Å². The molecule has 1 aromatic rings. The van der Waals surface area contributed by atoms with E-state index in [9.17, 15) is 5.11 Å². The zero-order chi connectivity index (χ0) is 14.6. The first-order valence-electron chi connectivity index (χ1n) is 6.86. The van der Waals surface area contributed by atoms with Gasteiger partial charge in [0.15, 0.2) is 11.5 Å². The van der Waals surface area contributed by atoms with Gasteiger partial charge in [0.25, 0.3) is 0 Å². The van der Waals surface area contributed by atoms with E-state index in [-0.39, 0.29) is 11.2 Å². The Balaban J connectivity index is 3.24. The fourth-order valence-electron chi connectivity index (χ4n) is 2.17. The molecular formula is C17H26O2. The highest BCUT2D eigenvalue weighted by Crippen LogP contribution is 2.40. The lowest BCUT2D eigenvalue weighted by molar-refractivity contribution is 0.315. The molecule has 0 spiro atoms. The standard InChI is InChI=1S/C17H26O2/c1-7-19-16-11-13(8-9-15(16)18)14(10-12(2)3)17(4,5)6/h8-11,14,18H,7H2,1-6H3. The molecular weight excluding hydrogens is 236 g/mol. The average Bonchev–Trinajstić information content (AvgIpc) is 2.28. The normalized spacial score (nSPS) is 12.9. The highest BCUT2D eigenvalue weighted by Gasteiger charge is 2.25. The summed E-state index contributed by atoms with van der Waals surface area (Å²) in [6.07, 6.45) is 2.28. The summed E-state index contributed by atoms with van der Waals surface area (Å²) in [4.78, 5) is 0. The Hall–Kier alpha value is -1.44. The molecule has 0 aliphatic carbocycles. The molecule has 0 aromatic heterocycles. The summed E-state index contributed by atoms with van der Waals surface area (Å²) in [6.45, 7) is 13.4. The second-order valence-corrected chi connectivity index (χ2v) is 6.25. The van der Waals surface area contributed by atoms with Crippen molar-refractivity contribution in [3.63, 3.8) is 0 Å². The highest BCUT2D eigenvalue weighted by atomic mass is 16.5. The number of hydrogen-bond acceptors (Lipinski definition) is 2. The lowest BCUT2D eigenvalue weighted by Crippen LogP contribution is -2.17. The lowest BCUT2D eigenvalue weighted by Gasteiger charge is -2.29. The minimum Gasteiger partial charge on any atom is -0.504 e. The van der Waals surface area contributed by atoms with E-state index in [1.165, 1.54) is 11.1 Å². The van der Waals surface area contributed by atoms with E-state index in [0.717, 1.165) is 0 Å². The molecule has 1 atom stereocenters. The van der Waals surface area contributed by atoms with Gasteiger partial charge in [-0.2, -0.15) is 0 Å². The van der Waals surface area contributed by atoms with Crippen LogP contribution in [-0.4, -0.2) is 11.7 Å². The summed E-state index contributed by atoms with van der Waals surface area (Å²) in [6, 6.07) is 5.65. The van der Waals surface area contributed by atoms with Crippen LogP contribution >= 0.6 is 0 Å². The van der Waals surface area contributed by atoms with E-state index >= 15 is 0 Å². The van der Waals surface area contributed by atoms with Crippen LogP contribution < -0.4 is 4.74 Å². The van der Waals surface area contributed by atoms with Crippen molar-refractivity contribution in [2.75, 3.05) is 6.61 Å². The predicted molar refractivity (Wildman–Crippen MR) is 80.9 cm³/mol. The van der Waals surface area contributed by atoms with E-state index in [0.29, 0.717) is 18.3 Å². The molecule has 0 aliphatic heterocycles. The molecule has 1 rings (SSSR count). The van der Waals surface area contributed by atoms with Crippen LogP contribution in [0.5, 0.6) is 11.5 Å². The molecule has 19 heavy (non-hydrogen) atoms. The van der Waals surface area contributed by atoms with Crippen molar-refractivity contribution in [1.29, 1.82) is 0 Å². The Morgan fingerprint density at radius 3 is 2.42 bits per heavy atom. The third-order valence-corrected chi connectivity index (χ3v) is 3.08. The summed E-state index contributed by atoms with van der Waals surface area (Å²) in [5.74, 6) is 1.07. The molecule has 0 radical (unpaired) electrons. The van der Waals surface area contributed by atoms with Gasteiger partial charge in [0.2, 0.25) is 0 Å². The fraction of sp³-hybridized carbons (Fsp3) is 0.529. The van der Waals surface area contributed by atoms with Crippen molar-refractivity contribution < 1.29 is 9.84 Å². The van der Waals surface area contributed by atoms with Crippen molar-refractivity contribution in [3.05, 3.63) is 35.4 Å². The Kier molecular flexibility index (Phi) is 5.04. The third kappa shape index (κ3) is 4.30. The first kappa shape index (κ1) is 15.6. The van der Waals surface area contributed by atoms with Gasteiger partial charge in [0.1, 0.15) is 0 Å². The van der Waals surface area contributed by atoms with Gasteiger partial charge in [-0.3, -0.25) is 0 Å². The first-order chi connectivity index (χ1) is 8.75. The summed E-state index contributed by atoms with van der Waals surface area (Å²) >= 11 is 0. The number of ether oxygens (including phenoxy) is 1. The van der Waals surface area contributed by atoms with Gasteiger partial charge in [0.05, 0.1) is 6.61 Å². The van der Waals surface area contributed by atoms with Gasteiger partial charge in [-0.25, -0.2) is 0 Å². The molecule has 0 aliphatic rings. The minimum absolute atomic E-state index is 0.123. The second-order valence-electron chi connectivity index (χ2n) is 6.25. The van der Waals surface area contributed by atoms with Crippen LogP contribution in [0, 0.1) is 5.41 Å². The largest absolute Gasteiger partial charge is 0.504 e. The second kappa shape index (κ2) is 6.14. The van der Waals surface area contributed by atoms with Gasteiger partial charge in [-0.05, 0) is 43.9 Å². The monoisotopic (exact) mass is 262 g/mol. The van der Waals surface area contributed by atoms with Gasteiger partial charge in [0, 0.05) is 5.92 Å². The maximum absolute atomic E-state index is 9.79. The van der Waals surface area contributed by atoms with Gasteiger partial charge >= 0.3 is 0 Å². The van der Waals surface area contributed by atoms with Crippen LogP contribution in [0.3, 0.4) is 0 Å². The van der Waals surface area contributed by atoms with E-state index in [4.69, 9.17) is 4.74 Å². The average molecular weight is 262 g/mol. The van der Waals surface area contributed by atoms with Crippen LogP contribution in [0.25, 0.3) is 0 Å². The zero-order valence-corrected chi connectivity index (χ0v) is 12.9. The smallest absolute Gasteiger partial charge is 0.161 e. The first-order valence-corrected chi connectivity index (χ1v) is 6.86. The molecule has 0 bridgehead atoms. The Morgan fingerprint density at radius 2 is 1.95 bits per heavy atom. The molecule has 2 heteroatoms. The maximum Gasteiger partial charge on any atom is 0.161 e. The van der Waals surface area contributed by atoms with Gasteiger partial charge in [-0.15, -0.1) is 0 Å². The molecule has 0 heterocycles. The summed E-state index contributed by atoms with van der Waals surface area (Å²) in [7, 11) is 0.